The molecule has 1 fully saturated rings. The lowest BCUT2D eigenvalue weighted by Gasteiger charge is -2.40. The molecular formula is C16H24O6. The van der Waals surface area contributed by atoms with Crippen molar-refractivity contribution in [3.63, 3.8) is 0 Å². The van der Waals surface area contributed by atoms with E-state index in [1.807, 2.05) is 6.92 Å². The smallest absolute Gasteiger partial charge is 0.330 e. The quantitative estimate of drug-likeness (QED) is 0.528. The summed E-state index contributed by atoms with van der Waals surface area (Å²) in [5.74, 6) is -3.76. The van der Waals surface area contributed by atoms with Crippen molar-refractivity contribution in [2.75, 3.05) is 0 Å². The first-order chi connectivity index (χ1) is 10.4. The van der Waals surface area contributed by atoms with Crippen LogP contribution in [-0.4, -0.2) is 34.2 Å². The lowest BCUT2D eigenvalue weighted by molar-refractivity contribution is -0.171. The highest BCUT2D eigenvalue weighted by molar-refractivity contribution is 5.84. The molecule has 6 heteroatoms. The number of aliphatic carboxylic acids is 2. The summed E-state index contributed by atoms with van der Waals surface area (Å²) >= 11 is 0. The van der Waals surface area contributed by atoms with Gasteiger partial charge in [0, 0.05) is 12.5 Å². The van der Waals surface area contributed by atoms with Crippen molar-refractivity contribution in [1.29, 1.82) is 0 Å². The molecule has 1 aliphatic rings. The van der Waals surface area contributed by atoms with Crippen LogP contribution in [0.15, 0.2) is 12.7 Å². The monoisotopic (exact) mass is 312 g/mol. The molecule has 0 spiro atoms. The average Bonchev–Trinajstić information content (AvgIpc) is 2.47. The van der Waals surface area contributed by atoms with Crippen LogP contribution in [-0.2, 0) is 19.1 Å². The van der Waals surface area contributed by atoms with E-state index in [-0.39, 0.29) is 6.42 Å². The summed E-state index contributed by atoms with van der Waals surface area (Å²) in [6, 6.07) is 0. The molecule has 124 valence electrons. The molecule has 22 heavy (non-hydrogen) atoms. The molecule has 0 radical (unpaired) electrons. The number of carbonyl (C=O) groups excluding carboxylic acids is 1. The summed E-state index contributed by atoms with van der Waals surface area (Å²) in [7, 11) is 0. The Kier molecular flexibility index (Phi) is 6.59. The second kappa shape index (κ2) is 7.96. The van der Waals surface area contributed by atoms with E-state index in [1.54, 1.807) is 0 Å². The number of carboxylic acid groups (broad SMARTS) is 2. The van der Waals surface area contributed by atoms with E-state index in [4.69, 9.17) is 4.74 Å². The first-order valence-corrected chi connectivity index (χ1v) is 7.66. The van der Waals surface area contributed by atoms with Gasteiger partial charge in [0.1, 0.15) is 6.10 Å². The third-order valence-electron chi connectivity index (χ3n) is 4.41. The lowest BCUT2D eigenvalue weighted by Crippen LogP contribution is -2.47. The van der Waals surface area contributed by atoms with Crippen LogP contribution in [0.25, 0.3) is 0 Å². The van der Waals surface area contributed by atoms with Gasteiger partial charge in [-0.2, -0.15) is 0 Å². The highest BCUT2D eigenvalue weighted by Crippen LogP contribution is 2.46. The van der Waals surface area contributed by atoms with E-state index in [1.165, 1.54) is 0 Å². The molecule has 1 saturated carbocycles. The van der Waals surface area contributed by atoms with Crippen LogP contribution in [0.1, 0.15) is 51.9 Å². The summed E-state index contributed by atoms with van der Waals surface area (Å²) in [6.45, 7) is 5.23. The van der Waals surface area contributed by atoms with Gasteiger partial charge in [-0.3, -0.25) is 9.59 Å². The number of esters is 1. The molecule has 0 amide bonds. The van der Waals surface area contributed by atoms with E-state index < -0.39 is 35.3 Å². The van der Waals surface area contributed by atoms with E-state index in [9.17, 15) is 24.6 Å². The molecule has 0 aromatic carbocycles. The molecule has 0 heterocycles. The number of hydrogen-bond acceptors (Lipinski definition) is 4. The first kappa shape index (κ1) is 18.2. The summed E-state index contributed by atoms with van der Waals surface area (Å²) in [5, 5.41) is 19.1. The Morgan fingerprint density at radius 2 is 2.05 bits per heavy atom. The van der Waals surface area contributed by atoms with Gasteiger partial charge in [0.15, 0.2) is 0 Å². The molecule has 0 bridgehead atoms. The third kappa shape index (κ3) is 4.08. The first-order valence-electron chi connectivity index (χ1n) is 7.66. The van der Waals surface area contributed by atoms with Gasteiger partial charge in [0.05, 0.1) is 11.3 Å². The molecule has 6 nitrogen and oxygen atoms in total. The maximum absolute atomic E-state index is 11.9. The van der Waals surface area contributed by atoms with Crippen LogP contribution in [0.5, 0.6) is 0 Å². The molecule has 3 atom stereocenters. The molecule has 0 saturated heterocycles. The van der Waals surface area contributed by atoms with Gasteiger partial charge in [-0.15, -0.1) is 0 Å². The zero-order valence-corrected chi connectivity index (χ0v) is 12.9. The molecular weight excluding hydrogens is 288 g/mol. The predicted molar refractivity (Wildman–Crippen MR) is 79.3 cm³/mol. The van der Waals surface area contributed by atoms with Gasteiger partial charge in [0.25, 0.3) is 0 Å². The zero-order chi connectivity index (χ0) is 16.8. The SMILES string of the molecule is C=CC(=O)OC(CCC)CC1(C(=O)O)CCCCC1C(=O)O. The van der Waals surface area contributed by atoms with Crippen molar-refractivity contribution in [3.8, 4) is 0 Å². The highest BCUT2D eigenvalue weighted by atomic mass is 16.5. The van der Waals surface area contributed by atoms with Crippen LogP contribution in [0, 0.1) is 11.3 Å². The van der Waals surface area contributed by atoms with Crippen LogP contribution in [0.4, 0.5) is 0 Å². The van der Waals surface area contributed by atoms with Gasteiger partial charge in [-0.1, -0.05) is 32.8 Å². The Bertz CT molecular complexity index is 444. The number of carbonyl (C=O) groups is 3. The normalized spacial score (nSPS) is 26.0. The maximum Gasteiger partial charge on any atom is 0.330 e. The Labute approximate surface area is 130 Å². The van der Waals surface area contributed by atoms with Crippen molar-refractivity contribution in [1.82, 2.24) is 0 Å². The van der Waals surface area contributed by atoms with Gasteiger partial charge in [0.2, 0.25) is 0 Å². The van der Waals surface area contributed by atoms with E-state index in [0.29, 0.717) is 38.5 Å². The maximum atomic E-state index is 11.9. The average molecular weight is 312 g/mol. The largest absolute Gasteiger partial charge is 0.481 e. The van der Waals surface area contributed by atoms with E-state index in [0.717, 1.165) is 6.08 Å². The Hall–Kier alpha value is -1.85. The summed E-state index contributed by atoms with van der Waals surface area (Å²) < 4.78 is 5.23. The van der Waals surface area contributed by atoms with Crippen molar-refractivity contribution >= 4 is 17.9 Å². The zero-order valence-electron chi connectivity index (χ0n) is 12.9. The van der Waals surface area contributed by atoms with Crippen LogP contribution >= 0.6 is 0 Å². The molecule has 0 aromatic rings. The second-order valence-electron chi connectivity index (χ2n) is 5.85. The van der Waals surface area contributed by atoms with Gasteiger partial charge >= 0.3 is 17.9 Å². The van der Waals surface area contributed by atoms with Gasteiger partial charge < -0.3 is 14.9 Å². The number of carboxylic acids is 2. The summed E-state index contributed by atoms with van der Waals surface area (Å²) in [4.78, 5) is 34.8. The standard InChI is InChI=1S/C16H24O6/c1-3-7-11(22-13(17)4-2)10-16(15(20)21)9-6-5-8-12(16)14(18)19/h4,11-12H,2-3,5-10H2,1H3,(H,18,19)(H,20,21). The molecule has 3 unspecified atom stereocenters. The van der Waals surface area contributed by atoms with E-state index in [2.05, 4.69) is 6.58 Å². The minimum atomic E-state index is -1.37. The number of hydrogen-bond donors (Lipinski definition) is 2. The van der Waals surface area contributed by atoms with Crippen LogP contribution in [0.2, 0.25) is 0 Å². The van der Waals surface area contributed by atoms with Gasteiger partial charge in [-0.25, -0.2) is 4.79 Å². The fraction of sp³-hybridized carbons (Fsp3) is 0.688. The molecule has 0 aliphatic heterocycles. The summed E-state index contributed by atoms with van der Waals surface area (Å²) in [5.41, 5.74) is -1.37. The van der Waals surface area contributed by atoms with Crippen molar-refractivity contribution in [3.05, 3.63) is 12.7 Å². The highest BCUT2D eigenvalue weighted by Gasteiger charge is 2.52. The minimum Gasteiger partial charge on any atom is -0.481 e. The second-order valence-corrected chi connectivity index (χ2v) is 5.85. The van der Waals surface area contributed by atoms with Crippen molar-refractivity contribution in [2.24, 2.45) is 11.3 Å². The van der Waals surface area contributed by atoms with Crippen molar-refractivity contribution in [2.45, 2.75) is 58.0 Å². The van der Waals surface area contributed by atoms with Gasteiger partial charge in [-0.05, 0) is 19.3 Å². The molecule has 0 aromatic heterocycles. The Morgan fingerprint density at radius 3 is 2.55 bits per heavy atom. The van der Waals surface area contributed by atoms with Crippen LogP contribution in [0.3, 0.4) is 0 Å². The van der Waals surface area contributed by atoms with Crippen molar-refractivity contribution < 1.29 is 29.3 Å². The fourth-order valence-corrected chi connectivity index (χ4v) is 3.33. The summed E-state index contributed by atoms with van der Waals surface area (Å²) in [6.07, 6.45) is 3.69. The minimum absolute atomic E-state index is 0.0344. The lowest BCUT2D eigenvalue weighted by atomic mass is 9.63. The topological polar surface area (TPSA) is 101 Å². The molecule has 1 aliphatic carbocycles. The van der Waals surface area contributed by atoms with Crippen LogP contribution < -0.4 is 0 Å². The number of rotatable bonds is 8. The molecule has 1 rings (SSSR count). The fourth-order valence-electron chi connectivity index (χ4n) is 3.33. The Balaban J connectivity index is 3.05. The third-order valence-corrected chi connectivity index (χ3v) is 4.41. The Morgan fingerprint density at radius 1 is 1.36 bits per heavy atom. The predicted octanol–water partition coefficient (Wildman–Crippen LogP) is 2.62. The number of ether oxygens (including phenoxy) is 1. The van der Waals surface area contributed by atoms with E-state index >= 15 is 0 Å². The molecule has 2 N–H and O–H groups in total.